The second-order valence-corrected chi connectivity index (χ2v) is 7.59. The molecule has 0 unspecified atom stereocenters. The molecule has 0 atom stereocenters. The van der Waals surface area contributed by atoms with E-state index in [-0.39, 0.29) is 11.8 Å². The predicted octanol–water partition coefficient (Wildman–Crippen LogP) is 3.47. The van der Waals surface area contributed by atoms with E-state index in [0.717, 1.165) is 5.56 Å². The first-order valence-electron chi connectivity index (χ1n) is 8.60. The van der Waals surface area contributed by atoms with Gasteiger partial charge in [0.15, 0.2) is 0 Å². The number of rotatable bonds is 7. The number of hydrogen-bond acceptors (Lipinski definition) is 3. The molecule has 0 fully saturated rings. The zero-order valence-electron chi connectivity index (χ0n) is 15.4. The minimum absolute atomic E-state index is 0.0149. The Labute approximate surface area is 158 Å². The summed E-state index contributed by atoms with van der Waals surface area (Å²) in [5, 5.41) is 10.6. The van der Waals surface area contributed by atoms with Crippen molar-refractivity contribution in [3.63, 3.8) is 0 Å². The van der Waals surface area contributed by atoms with E-state index < -0.39 is 5.41 Å². The number of aromatic nitrogens is 2. The third-order valence-electron chi connectivity index (χ3n) is 3.78. The second-order valence-electron chi connectivity index (χ2n) is 7.16. The van der Waals surface area contributed by atoms with Gasteiger partial charge in [-0.25, -0.2) is 4.68 Å². The van der Waals surface area contributed by atoms with E-state index in [1.807, 2.05) is 45.0 Å². The molecule has 0 aliphatic carbocycles. The first kappa shape index (κ1) is 20.0. The highest BCUT2D eigenvalue weighted by molar-refractivity contribution is 6.30. The Morgan fingerprint density at radius 3 is 2.50 bits per heavy atom. The lowest BCUT2D eigenvalue weighted by Gasteiger charge is -2.17. The Hall–Kier alpha value is -2.34. The van der Waals surface area contributed by atoms with Crippen molar-refractivity contribution in [1.82, 2.24) is 15.1 Å². The van der Waals surface area contributed by atoms with Crippen LogP contribution in [0.5, 0.6) is 0 Å². The number of nitrogens with zero attached hydrogens (tertiary/aromatic N) is 2. The number of carbonyl (C=O) groups excluding carboxylic acids is 2. The van der Waals surface area contributed by atoms with Crippen LogP contribution in [0, 0.1) is 5.41 Å². The molecule has 2 aromatic rings. The van der Waals surface area contributed by atoms with Gasteiger partial charge in [-0.1, -0.05) is 44.5 Å². The normalized spacial score (nSPS) is 11.2. The maximum Gasteiger partial charge on any atom is 0.225 e. The molecule has 1 aromatic carbocycles. The van der Waals surface area contributed by atoms with Gasteiger partial charge in [-0.3, -0.25) is 9.59 Å². The van der Waals surface area contributed by atoms with Crippen molar-refractivity contribution in [2.24, 2.45) is 5.41 Å². The van der Waals surface area contributed by atoms with E-state index in [0.29, 0.717) is 36.8 Å². The van der Waals surface area contributed by atoms with E-state index in [1.54, 1.807) is 16.9 Å². The lowest BCUT2D eigenvalue weighted by Crippen LogP contribution is -2.35. The van der Waals surface area contributed by atoms with Crippen LogP contribution in [0.15, 0.2) is 36.5 Å². The number of amides is 2. The summed E-state index contributed by atoms with van der Waals surface area (Å²) in [6.45, 7) is 6.60. The smallest absolute Gasteiger partial charge is 0.225 e. The Morgan fingerprint density at radius 1 is 1.15 bits per heavy atom. The van der Waals surface area contributed by atoms with Crippen molar-refractivity contribution in [2.45, 2.75) is 40.2 Å². The summed E-state index contributed by atoms with van der Waals surface area (Å²) in [4.78, 5) is 23.9. The fraction of sp³-hybridized carbons (Fsp3) is 0.421. The second kappa shape index (κ2) is 8.85. The minimum Gasteiger partial charge on any atom is -0.356 e. The van der Waals surface area contributed by atoms with Gasteiger partial charge in [-0.15, -0.1) is 0 Å². The van der Waals surface area contributed by atoms with Crippen LogP contribution in [-0.2, 0) is 16.1 Å². The molecule has 6 nitrogen and oxygen atoms in total. The van der Waals surface area contributed by atoms with Gasteiger partial charge >= 0.3 is 0 Å². The summed E-state index contributed by atoms with van der Waals surface area (Å²) in [5.74, 6) is 0.524. The maximum absolute atomic E-state index is 12.1. The van der Waals surface area contributed by atoms with Gasteiger partial charge in [0.25, 0.3) is 0 Å². The molecule has 0 spiro atoms. The van der Waals surface area contributed by atoms with Gasteiger partial charge < -0.3 is 10.6 Å². The van der Waals surface area contributed by atoms with Crippen molar-refractivity contribution in [3.05, 3.63) is 47.1 Å². The van der Waals surface area contributed by atoms with E-state index >= 15 is 0 Å². The Balaban J connectivity index is 1.80. The van der Waals surface area contributed by atoms with E-state index in [4.69, 9.17) is 11.6 Å². The number of hydrogen-bond donors (Lipinski definition) is 2. The third-order valence-corrected chi connectivity index (χ3v) is 4.03. The number of nitrogens with one attached hydrogen (secondary N) is 2. The molecule has 2 N–H and O–H groups in total. The maximum atomic E-state index is 12.1. The van der Waals surface area contributed by atoms with Crippen LogP contribution in [-0.4, -0.2) is 28.1 Å². The molecule has 26 heavy (non-hydrogen) atoms. The molecule has 0 saturated carbocycles. The molecule has 0 saturated heterocycles. The monoisotopic (exact) mass is 376 g/mol. The molecule has 2 amide bonds. The van der Waals surface area contributed by atoms with Crippen LogP contribution in [0.4, 0.5) is 5.82 Å². The lowest BCUT2D eigenvalue weighted by molar-refractivity contribution is -0.128. The molecule has 140 valence electrons. The average Bonchev–Trinajstić information content (AvgIpc) is 2.99. The number of benzene rings is 1. The van der Waals surface area contributed by atoms with Crippen LogP contribution in [0.25, 0.3) is 0 Å². The first-order chi connectivity index (χ1) is 12.3. The molecular weight excluding hydrogens is 352 g/mol. The summed E-state index contributed by atoms with van der Waals surface area (Å²) in [7, 11) is 0. The standard InChI is InChI=1S/C19H25ClN4O2/c1-19(2,3)18(26)21-11-4-5-17(25)23-16-10-12-22-24(16)13-14-6-8-15(20)9-7-14/h6-10,12H,4-5,11,13H2,1-3H3,(H,21,26)(H,23,25). The van der Waals surface area contributed by atoms with Gasteiger partial charge in [0, 0.05) is 29.5 Å². The Morgan fingerprint density at radius 2 is 1.85 bits per heavy atom. The predicted molar refractivity (Wildman–Crippen MR) is 103 cm³/mol. The van der Waals surface area contributed by atoms with E-state index in [2.05, 4.69) is 15.7 Å². The van der Waals surface area contributed by atoms with Crippen LogP contribution in [0.1, 0.15) is 39.2 Å². The van der Waals surface area contributed by atoms with Crippen molar-refractivity contribution in [1.29, 1.82) is 0 Å². The summed E-state index contributed by atoms with van der Waals surface area (Å²) in [5.41, 5.74) is 0.620. The topological polar surface area (TPSA) is 76.0 Å². The van der Waals surface area contributed by atoms with E-state index in [1.165, 1.54) is 0 Å². The highest BCUT2D eigenvalue weighted by atomic mass is 35.5. The van der Waals surface area contributed by atoms with Crippen LogP contribution >= 0.6 is 11.6 Å². The van der Waals surface area contributed by atoms with Gasteiger partial charge in [0.2, 0.25) is 11.8 Å². The molecule has 0 radical (unpaired) electrons. The van der Waals surface area contributed by atoms with Crippen molar-refractivity contribution < 1.29 is 9.59 Å². The summed E-state index contributed by atoms with van der Waals surface area (Å²) in [6, 6.07) is 9.26. The third kappa shape index (κ3) is 6.19. The zero-order valence-corrected chi connectivity index (χ0v) is 16.1. The molecule has 2 rings (SSSR count). The largest absolute Gasteiger partial charge is 0.356 e. The van der Waals surface area contributed by atoms with Crippen molar-refractivity contribution >= 4 is 29.2 Å². The van der Waals surface area contributed by atoms with Gasteiger partial charge in [-0.2, -0.15) is 5.10 Å². The molecule has 0 aliphatic rings. The minimum atomic E-state index is -0.420. The summed E-state index contributed by atoms with van der Waals surface area (Å²) in [6.07, 6.45) is 2.56. The lowest BCUT2D eigenvalue weighted by atomic mass is 9.96. The van der Waals surface area contributed by atoms with Gasteiger partial charge in [0.1, 0.15) is 5.82 Å². The number of carbonyl (C=O) groups is 2. The molecule has 0 bridgehead atoms. The Kier molecular flexibility index (Phi) is 6.80. The summed E-state index contributed by atoms with van der Waals surface area (Å²) >= 11 is 5.89. The van der Waals surface area contributed by atoms with Crippen LogP contribution in [0.3, 0.4) is 0 Å². The molecule has 1 heterocycles. The Bertz CT molecular complexity index is 748. The van der Waals surface area contributed by atoms with Crippen LogP contribution < -0.4 is 10.6 Å². The first-order valence-corrected chi connectivity index (χ1v) is 8.98. The van der Waals surface area contributed by atoms with Crippen molar-refractivity contribution in [3.8, 4) is 0 Å². The quantitative estimate of drug-likeness (QED) is 0.726. The average molecular weight is 377 g/mol. The highest BCUT2D eigenvalue weighted by Crippen LogP contribution is 2.14. The van der Waals surface area contributed by atoms with Gasteiger partial charge in [-0.05, 0) is 24.1 Å². The number of anilines is 1. The molecule has 1 aromatic heterocycles. The fourth-order valence-corrected chi connectivity index (χ4v) is 2.37. The van der Waals surface area contributed by atoms with Crippen molar-refractivity contribution in [2.75, 3.05) is 11.9 Å². The molecular formula is C19H25ClN4O2. The van der Waals surface area contributed by atoms with Gasteiger partial charge in [0.05, 0.1) is 12.7 Å². The highest BCUT2D eigenvalue weighted by Gasteiger charge is 2.20. The van der Waals surface area contributed by atoms with E-state index in [9.17, 15) is 9.59 Å². The van der Waals surface area contributed by atoms with Crippen LogP contribution in [0.2, 0.25) is 5.02 Å². The summed E-state index contributed by atoms with van der Waals surface area (Å²) < 4.78 is 1.72. The molecule has 0 aliphatic heterocycles. The number of halogens is 1. The molecule has 7 heteroatoms. The SMILES string of the molecule is CC(C)(C)C(=O)NCCCC(=O)Nc1ccnn1Cc1ccc(Cl)cc1. The zero-order chi connectivity index (χ0) is 19.2. The fourth-order valence-electron chi connectivity index (χ4n) is 2.25.